The van der Waals surface area contributed by atoms with Crippen LogP contribution in [-0.4, -0.2) is 42.5 Å². The summed E-state index contributed by atoms with van der Waals surface area (Å²) in [5.41, 5.74) is 2.12. The molecular weight excluding hydrogens is 428 g/mol. The smallest absolute Gasteiger partial charge is 0.243 e. The van der Waals surface area contributed by atoms with Crippen molar-refractivity contribution in [3.05, 3.63) is 59.7 Å². The van der Waals surface area contributed by atoms with E-state index >= 15 is 0 Å². The molecule has 6 nitrogen and oxygen atoms in total. The Morgan fingerprint density at radius 1 is 1.09 bits per heavy atom. The molecule has 2 aromatic carbocycles. The molecule has 0 radical (unpaired) electrons. The minimum absolute atomic E-state index is 0.0382. The van der Waals surface area contributed by atoms with Gasteiger partial charge in [0.1, 0.15) is 17.5 Å². The first kappa shape index (κ1) is 25.6. The predicted octanol–water partition coefficient (Wildman–Crippen LogP) is 5.03. The van der Waals surface area contributed by atoms with E-state index in [0.29, 0.717) is 32.4 Å². The van der Waals surface area contributed by atoms with Crippen LogP contribution in [0.15, 0.2) is 48.5 Å². The molecular formula is C28H38N2O4. The molecule has 0 aromatic heterocycles. The highest BCUT2D eigenvalue weighted by atomic mass is 16.5. The first-order chi connectivity index (χ1) is 16.5. The van der Waals surface area contributed by atoms with Gasteiger partial charge in [0, 0.05) is 19.0 Å². The van der Waals surface area contributed by atoms with E-state index in [1.165, 1.54) is 5.56 Å². The van der Waals surface area contributed by atoms with Gasteiger partial charge in [-0.25, -0.2) is 0 Å². The Labute approximate surface area is 203 Å². The van der Waals surface area contributed by atoms with E-state index in [2.05, 4.69) is 5.32 Å². The highest BCUT2D eigenvalue weighted by Crippen LogP contribution is 2.21. The number of nitrogens with one attached hydrogen (secondary N) is 1. The molecule has 1 aliphatic carbocycles. The van der Waals surface area contributed by atoms with Crippen molar-refractivity contribution in [3.8, 4) is 11.5 Å². The fourth-order valence-corrected chi connectivity index (χ4v) is 4.45. The van der Waals surface area contributed by atoms with Gasteiger partial charge in [-0.2, -0.15) is 0 Å². The number of methoxy groups -OCH3 is 1. The molecule has 1 aliphatic rings. The number of nitrogens with zero attached hydrogens (tertiary/aromatic N) is 1. The molecule has 0 aliphatic heterocycles. The van der Waals surface area contributed by atoms with Crippen molar-refractivity contribution < 1.29 is 19.1 Å². The molecule has 2 aromatic rings. The van der Waals surface area contributed by atoms with Crippen molar-refractivity contribution in [2.24, 2.45) is 0 Å². The monoisotopic (exact) mass is 466 g/mol. The van der Waals surface area contributed by atoms with E-state index in [1.807, 2.05) is 62.4 Å². The van der Waals surface area contributed by atoms with Crippen LogP contribution in [0.1, 0.15) is 63.0 Å². The second kappa shape index (κ2) is 13.0. The van der Waals surface area contributed by atoms with Crippen LogP contribution in [0.3, 0.4) is 0 Å². The van der Waals surface area contributed by atoms with Gasteiger partial charge < -0.3 is 19.7 Å². The third-order valence-electron chi connectivity index (χ3n) is 6.40. The Bertz CT molecular complexity index is 922. The standard InChI is InChI=1S/C28H38N2O4/c1-4-26(28(32)29-23-10-5-6-11-23)30(20-22-9-7-12-25(19-22)33-3)27(31)13-8-18-34-24-16-14-21(2)15-17-24/h7,9,12,14-17,19,23,26H,4-6,8,10-11,13,18,20H2,1-3H3,(H,29,32). The van der Waals surface area contributed by atoms with Crippen molar-refractivity contribution in [2.75, 3.05) is 13.7 Å². The normalized spacial score (nSPS) is 14.4. The van der Waals surface area contributed by atoms with Crippen LogP contribution in [0, 0.1) is 6.92 Å². The van der Waals surface area contributed by atoms with Crippen LogP contribution in [0.25, 0.3) is 0 Å². The summed E-state index contributed by atoms with van der Waals surface area (Å²) in [7, 11) is 1.62. The fourth-order valence-electron chi connectivity index (χ4n) is 4.45. The zero-order valence-electron chi connectivity index (χ0n) is 20.7. The second-order valence-electron chi connectivity index (χ2n) is 9.05. The van der Waals surface area contributed by atoms with Crippen molar-refractivity contribution in [1.29, 1.82) is 0 Å². The Morgan fingerprint density at radius 2 is 1.82 bits per heavy atom. The predicted molar refractivity (Wildman–Crippen MR) is 134 cm³/mol. The zero-order valence-corrected chi connectivity index (χ0v) is 20.7. The Kier molecular flexibility index (Phi) is 9.80. The first-order valence-electron chi connectivity index (χ1n) is 12.4. The highest BCUT2D eigenvalue weighted by molar-refractivity contribution is 5.87. The summed E-state index contributed by atoms with van der Waals surface area (Å²) >= 11 is 0. The number of rotatable bonds is 12. The van der Waals surface area contributed by atoms with Crippen LogP contribution < -0.4 is 14.8 Å². The van der Waals surface area contributed by atoms with Gasteiger partial charge in [-0.15, -0.1) is 0 Å². The molecule has 34 heavy (non-hydrogen) atoms. The summed E-state index contributed by atoms with van der Waals surface area (Å²) in [5, 5.41) is 3.18. The van der Waals surface area contributed by atoms with Crippen LogP contribution in [0.5, 0.6) is 11.5 Å². The lowest BCUT2D eigenvalue weighted by Gasteiger charge is -2.31. The number of aryl methyl sites for hydroxylation is 1. The lowest BCUT2D eigenvalue weighted by atomic mass is 10.1. The molecule has 0 saturated heterocycles. The third kappa shape index (κ3) is 7.51. The third-order valence-corrected chi connectivity index (χ3v) is 6.40. The summed E-state index contributed by atoms with van der Waals surface area (Å²) in [5.74, 6) is 1.44. The summed E-state index contributed by atoms with van der Waals surface area (Å²) in [6.45, 7) is 4.82. The second-order valence-corrected chi connectivity index (χ2v) is 9.05. The van der Waals surface area contributed by atoms with Crippen LogP contribution in [0.2, 0.25) is 0 Å². The zero-order chi connectivity index (χ0) is 24.3. The number of amides is 2. The van der Waals surface area contributed by atoms with Gasteiger partial charge >= 0.3 is 0 Å². The van der Waals surface area contributed by atoms with Crippen molar-refractivity contribution in [2.45, 2.75) is 77.4 Å². The topological polar surface area (TPSA) is 67.9 Å². The maximum absolute atomic E-state index is 13.4. The Hall–Kier alpha value is -3.02. The minimum Gasteiger partial charge on any atom is -0.497 e. The Balaban J connectivity index is 1.66. The lowest BCUT2D eigenvalue weighted by Crippen LogP contribution is -2.50. The molecule has 0 bridgehead atoms. The van der Waals surface area contributed by atoms with Crippen LogP contribution >= 0.6 is 0 Å². The molecule has 1 fully saturated rings. The summed E-state index contributed by atoms with van der Waals surface area (Å²) in [6.07, 6.45) is 5.80. The van der Waals surface area contributed by atoms with E-state index in [1.54, 1.807) is 12.0 Å². The molecule has 6 heteroatoms. The van der Waals surface area contributed by atoms with E-state index < -0.39 is 6.04 Å². The molecule has 3 rings (SSSR count). The molecule has 2 amide bonds. The largest absolute Gasteiger partial charge is 0.497 e. The average Bonchev–Trinajstić information content (AvgIpc) is 3.35. The molecule has 0 spiro atoms. The van der Waals surface area contributed by atoms with Gasteiger partial charge in [0.05, 0.1) is 13.7 Å². The van der Waals surface area contributed by atoms with Gasteiger partial charge in [0.15, 0.2) is 0 Å². The van der Waals surface area contributed by atoms with Gasteiger partial charge in [-0.05, 0) is 62.4 Å². The SMILES string of the molecule is CCC(C(=O)NC1CCCC1)N(Cc1cccc(OC)c1)C(=O)CCCOc1ccc(C)cc1. The van der Waals surface area contributed by atoms with Crippen LogP contribution in [0.4, 0.5) is 0 Å². The van der Waals surface area contributed by atoms with Crippen LogP contribution in [-0.2, 0) is 16.1 Å². The highest BCUT2D eigenvalue weighted by Gasteiger charge is 2.30. The minimum atomic E-state index is -0.502. The fraction of sp³-hybridized carbons (Fsp3) is 0.500. The van der Waals surface area contributed by atoms with Gasteiger partial charge in [0.2, 0.25) is 11.8 Å². The summed E-state index contributed by atoms with van der Waals surface area (Å²) in [6, 6.07) is 15.3. The van der Waals surface area contributed by atoms with Crippen molar-refractivity contribution >= 4 is 11.8 Å². The number of carbonyl (C=O) groups is 2. The maximum Gasteiger partial charge on any atom is 0.243 e. The lowest BCUT2D eigenvalue weighted by molar-refractivity contribution is -0.141. The van der Waals surface area contributed by atoms with E-state index in [-0.39, 0.29) is 17.9 Å². The molecule has 0 heterocycles. The Morgan fingerprint density at radius 3 is 2.50 bits per heavy atom. The number of hydrogen-bond acceptors (Lipinski definition) is 4. The molecule has 1 N–H and O–H groups in total. The van der Waals surface area contributed by atoms with Gasteiger partial charge in [0.25, 0.3) is 0 Å². The number of benzene rings is 2. The number of hydrogen-bond donors (Lipinski definition) is 1. The molecule has 184 valence electrons. The first-order valence-corrected chi connectivity index (χ1v) is 12.4. The molecule has 1 unspecified atom stereocenters. The number of ether oxygens (including phenoxy) is 2. The van der Waals surface area contributed by atoms with Crippen molar-refractivity contribution in [1.82, 2.24) is 10.2 Å². The van der Waals surface area contributed by atoms with Gasteiger partial charge in [-0.3, -0.25) is 9.59 Å². The quantitative estimate of drug-likeness (QED) is 0.446. The number of carbonyl (C=O) groups excluding carboxylic acids is 2. The van der Waals surface area contributed by atoms with Gasteiger partial charge in [-0.1, -0.05) is 49.6 Å². The summed E-state index contributed by atoms with van der Waals surface area (Å²) in [4.78, 5) is 28.3. The summed E-state index contributed by atoms with van der Waals surface area (Å²) < 4.78 is 11.1. The van der Waals surface area contributed by atoms with E-state index in [0.717, 1.165) is 42.7 Å². The van der Waals surface area contributed by atoms with E-state index in [4.69, 9.17) is 9.47 Å². The molecule has 1 saturated carbocycles. The molecule has 1 atom stereocenters. The van der Waals surface area contributed by atoms with E-state index in [9.17, 15) is 9.59 Å². The average molecular weight is 467 g/mol. The maximum atomic E-state index is 13.4. The van der Waals surface area contributed by atoms with Crippen molar-refractivity contribution in [3.63, 3.8) is 0 Å².